The molecule has 0 bridgehead atoms. The van der Waals surface area contributed by atoms with E-state index in [1.54, 1.807) is 17.8 Å². The Hall–Kier alpha value is 0.0200. The van der Waals surface area contributed by atoms with Crippen molar-refractivity contribution in [1.82, 2.24) is 4.72 Å². The minimum atomic E-state index is -3.71. The van der Waals surface area contributed by atoms with Crippen LogP contribution < -0.4 is 10.5 Å². The molecule has 0 amide bonds. The summed E-state index contributed by atoms with van der Waals surface area (Å²) < 4.78 is 27.5. The normalized spacial score (nSPS) is 13.4. The van der Waals surface area contributed by atoms with Gasteiger partial charge >= 0.3 is 0 Å². The molecule has 20 heavy (non-hydrogen) atoms. The average molecular weight is 357 g/mol. The van der Waals surface area contributed by atoms with Crippen molar-refractivity contribution in [3.05, 3.63) is 27.7 Å². The van der Waals surface area contributed by atoms with Crippen molar-refractivity contribution >= 4 is 45.0 Å². The summed E-state index contributed by atoms with van der Waals surface area (Å²) in [6.07, 6.45) is 2.62. The molecule has 0 aliphatic heterocycles. The lowest BCUT2D eigenvalue weighted by Gasteiger charge is -2.17. The predicted molar refractivity (Wildman–Crippen MR) is 87.1 cm³/mol. The Morgan fingerprint density at radius 1 is 1.40 bits per heavy atom. The van der Waals surface area contributed by atoms with E-state index in [0.717, 1.165) is 0 Å². The van der Waals surface area contributed by atoms with Gasteiger partial charge in [-0.15, -0.1) is 0 Å². The maximum absolute atomic E-state index is 12.4. The molecule has 4 nitrogen and oxygen atoms in total. The van der Waals surface area contributed by atoms with Gasteiger partial charge in [0.05, 0.1) is 5.02 Å². The highest BCUT2D eigenvalue weighted by atomic mass is 35.5. The van der Waals surface area contributed by atoms with Crippen molar-refractivity contribution in [1.29, 1.82) is 0 Å². The number of sulfonamides is 1. The number of hydrogen-bond donors (Lipinski definition) is 2. The minimum absolute atomic E-state index is 0.0216. The maximum Gasteiger partial charge on any atom is 0.242 e. The van der Waals surface area contributed by atoms with Crippen LogP contribution in [0.15, 0.2) is 17.0 Å². The molecule has 0 aromatic heterocycles. The van der Waals surface area contributed by atoms with Crippen LogP contribution in [0.4, 0.5) is 0 Å². The molecule has 114 valence electrons. The Balaban J connectivity index is 3.18. The summed E-state index contributed by atoms with van der Waals surface area (Å²) >= 11 is 13.6. The number of thioether (sulfide) groups is 1. The highest BCUT2D eigenvalue weighted by Gasteiger charge is 2.23. The molecule has 8 heteroatoms. The molecule has 0 spiro atoms. The lowest BCUT2D eigenvalue weighted by Crippen LogP contribution is -2.36. The van der Waals surface area contributed by atoms with Gasteiger partial charge < -0.3 is 5.73 Å². The largest absolute Gasteiger partial charge is 0.326 e. The van der Waals surface area contributed by atoms with Crippen LogP contribution >= 0.6 is 35.0 Å². The lowest BCUT2D eigenvalue weighted by molar-refractivity contribution is 0.558. The van der Waals surface area contributed by atoms with Gasteiger partial charge in [0.2, 0.25) is 10.0 Å². The summed E-state index contributed by atoms with van der Waals surface area (Å²) in [6.45, 7) is 2.05. The van der Waals surface area contributed by atoms with Gasteiger partial charge in [-0.3, -0.25) is 0 Å². The van der Waals surface area contributed by atoms with Gasteiger partial charge in [0.25, 0.3) is 0 Å². The molecule has 0 aliphatic rings. The van der Waals surface area contributed by atoms with Gasteiger partial charge in [-0.1, -0.05) is 30.1 Å². The number of nitrogens with two attached hydrogens (primary N) is 1. The Kier molecular flexibility index (Phi) is 7.11. The third-order valence-corrected chi connectivity index (χ3v) is 5.83. The average Bonchev–Trinajstić information content (AvgIpc) is 2.40. The van der Waals surface area contributed by atoms with Crippen LogP contribution in [0, 0.1) is 0 Å². The van der Waals surface area contributed by atoms with Gasteiger partial charge in [-0.05, 0) is 30.4 Å². The second-order valence-electron chi connectivity index (χ2n) is 4.26. The molecule has 0 saturated carbocycles. The van der Waals surface area contributed by atoms with Crippen molar-refractivity contribution < 1.29 is 8.42 Å². The molecule has 1 aromatic carbocycles. The van der Waals surface area contributed by atoms with E-state index in [9.17, 15) is 8.42 Å². The van der Waals surface area contributed by atoms with Crippen LogP contribution in [0.2, 0.25) is 10.0 Å². The summed E-state index contributed by atoms with van der Waals surface area (Å²) in [5.74, 6) is 0.692. The lowest BCUT2D eigenvalue weighted by atomic mass is 10.2. The van der Waals surface area contributed by atoms with Gasteiger partial charge in [0.15, 0.2) is 0 Å². The van der Waals surface area contributed by atoms with Crippen LogP contribution in [0.3, 0.4) is 0 Å². The van der Waals surface area contributed by atoms with E-state index < -0.39 is 10.0 Å². The van der Waals surface area contributed by atoms with E-state index in [4.69, 9.17) is 28.9 Å². The first-order valence-corrected chi connectivity index (χ1v) is 9.68. The Bertz CT molecular complexity index is 565. The van der Waals surface area contributed by atoms with Gasteiger partial charge in [0.1, 0.15) is 4.90 Å². The first-order valence-electron chi connectivity index (χ1n) is 6.05. The molecule has 1 rings (SSSR count). The molecule has 1 unspecified atom stereocenters. The number of rotatable bonds is 7. The molecule has 0 heterocycles. The first-order chi connectivity index (χ1) is 9.35. The van der Waals surface area contributed by atoms with Crippen LogP contribution in [0.1, 0.15) is 18.9 Å². The Morgan fingerprint density at radius 3 is 2.55 bits per heavy atom. The molecular weight excluding hydrogens is 339 g/mol. The smallest absolute Gasteiger partial charge is 0.242 e. The van der Waals surface area contributed by atoms with Crippen LogP contribution in [0.5, 0.6) is 0 Å². The number of hydrogen-bond acceptors (Lipinski definition) is 4. The molecule has 1 atom stereocenters. The van der Waals surface area contributed by atoms with Crippen molar-refractivity contribution in [3.8, 4) is 0 Å². The molecular formula is C12H18Cl2N2O2S2. The number of nitrogens with one attached hydrogen (secondary N) is 1. The summed E-state index contributed by atoms with van der Waals surface area (Å²) in [4.78, 5) is -0.0216. The zero-order valence-corrected chi connectivity index (χ0v) is 14.5. The molecule has 3 N–H and O–H groups in total. The van der Waals surface area contributed by atoms with Crippen molar-refractivity contribution in [2.45, 2.75) is 30.8 Å². The van der Waals surface area contributed by atoms with Crippen LogP contribution in [-0.2, 0) is 16.6 Å². The topological polar surface area (TPSA) is 72.2 Å². The first kappa shape index (κ1) is 18.1. The van der Waals surface area contributed by atoms with Crippen molar-refractivity contribution in [2.75, 3.05) is 12.0 Å². The zero-order valence-electron chi connectivity index (χ0n) is 11.3. The Labute approximate surface area is 134 Å². The highest BCUT2D eigenvalue weighted by molar-refractivity contribution is 7.98. The van der Waals surface area contributed by atoms with E-state index >= 15 is 0 Å². The van der Waals surface area contributed by atoms with Crippen molar-refractivity contribution in [2.24, 2.45) is 5.73 Å². The standard InChI is InChI=1S/C12H18Cl2N2O2S2/c1-3-10(7-19-2)16-20(17,18)11-5-9(13)4-8(6-15)12(11)14/h4-5,10,16H,3,6-7,15H2,1-2H3. The molecule has 0 radical (unpaired) electrons. The van der Waals surface area contributed by atoms with Gasteiger partial charge in [-0.2, -0.15) is 11.8 Å². The second-order valence-corrected chi connectivity index (χ2v) is 7.67. The third kappa shape index (κ3) is 4.51. The van der Waals surface area contributed by atoms with Crippen LogP contribution in [0.25, 0.3) is 0 Å². The fraction of sp³-hybridized carbons (Fsp3) is 0.500. The summed E-state index contributed by atoms with van der Waals surface area (Å²) in [5.41, 5.74) is 6.06. The third-order valence-electron chi connectivity index (χ3n) is 2.77. The quantitative estimate of drug-likeness (QED) is 0.787. The number of halogens is 2. The maximum atomic E-state index is 12.4. The molecule has 0 fully saturated rings. The van der Waals surface area contributed by atoms with Crippen LogP contribution in [-0.4, -0.2) is 26.5 Å². The summed E-state index contributed by atoms with van der Waals surface area (Å²) in [5, 5.41) is 0.427. The van der Waals surface area contributed by atoms with Crippen molar-refractivity contribution in [3.63, 3.8) is 0 Å². The molecule has 1 aromatic rings. The molecule has 0 saturated heterocycles. The van der Waals surface area contributed by atoms with E-state index in [2.05, 4.69) is 4.72 Å². The van der Waals surface area contributed by atoms with Gasteiger partial charge in [-0.25, -0.2) is 13.1 Å². The zero-order chi connectivity index (χ0) is 15.3. The Morgan fingerprint density at radius 2 is 2.05 bits per heavy atom. The predicted octanol–water partition coefficient (Wildman–Crippen LogP) is 2.87. The SMILES string of the molecule is CCC(CSC)NS(=O)(=O)c1cc(Cl)cc(CN)c1Cl. The highest BCUT2D eigenvalue weighted by Crippen LogP contribution is 2.29. The number of benzene rings is 1. The van der Waals surface area contributed by atoms with E-state index in [-0.39, 0.29) is 22.5 Å². The second kappa shape index (κ2) is 7.87. The van der Waals surface area contributed by atoms with E-state index in [1.165, 1.54) is 6.07 Å². The van der Waals surface area contributed by atoms with E-state index in [1.807, 2.05) is 13.2 Å². The summed E-state index contributed by atoms with van der Waals surface area (Å²) in [7, 11) is -3.71. The monoisotopic (exact) mass is 356 g/mol. The minimum Gasteiger partial charge on any atom is -0.326 e. The fourth-order valence-electron chi connectivity index (χ4n) is 1.68. The molecule has 0 aliphatic carbocycles. The van der Waals surface area contributed by atoms with Gasteiger partial charge in [0, 0.05) is 23.4 Å². The van der Waals surface area contributed by atoms with E-state index in [0.29, 0.717) is 22.8 Å². The fourth-order valence-corrected chi connectivity index (χ4v) is 4.77. The summed E-state index contributed by atoms with van der Waals surface area (Å²) in [6, 6.07) is 2.77.